The molecule has 1 fully saturated rings. The molecule has 0 unspecified atom stereocenters. The molecule has 1 aliphatic heterocycles. The molecule has 1 heterocycles. The van der Waals surface area contributed by atoms with E-state index in [9.17, 15) is 0 Å². The van der Waals surface area contributed by atoms with Crippen molar-refractivity contribution in [1.29, 1.82) is 0 Å². The Labute approximate surface area is 181 Å². The van der Waals surface area contributed by atoms with Crippen LogP contribution in [0.5, 0.6) is 0 Å². The van der Waals surface area contributed by atoms with Crippen LogP contribution in [-0.4, -0.2) is 62.8 Å². The van der Waals surface area contributed by atoms with Gasteiger partial charge in [0.1, 0.15) is 0 Å². The molecule has 6 nitrogen and oxygen atoms in total. The van der Waals surface area contributed by atoms with Crippen molar-refractivity contribution >= 4 is 29.9 Å². The van der Waals surface area contributed by atoms with Crippen molar-refractivity contribution in [1.82, 2.24) is 20.9 Å². The fourth-order valence-corrected chi connectivity index (χ4v) is 2.90. The van der Waals surface area contributed by atoms with Crippen LogP contribution in [0.4, 0.5) is 0 Å². The monoisotopic (exact) mass is 489 g/mol. The number of benzene rings is 1. The molecule has 2 rings (SSSR count). The van der Waals surface area contributed by atoms with Crippen LogP contribution in [0.15, 0.2) is 29.3 Å². The zero-order chi connectivity index (χ0) is 18.8. The third-order valence-electron chi connectivity index (χ3n) is 4.36. The van der Waals surface area contributed by atoms with E-state index < -0.39 is 0 Å². The molecule has 0 bridgehead atoms. The van der Waals surface area contributed by atoms with Gasteiger partial charge in [-0.2, -0.15) is 0 Å². The Balaban J connectivity index is 0.00000364. The molecule has 0 amide bonds. The first-order valence-electron chi connectivity index (χ1n) is 9.54. The quantitative estimate of drug-likeness (QED) is 0.237. The summed E-state index contributed by atoms with van der Waals surface area (Å²) in [6, 6.07) is 8.63. The van der Waals surface area contributed by atoms with Gasteiger partial charge in [-0.3, -0.25) is 9.89 Å². The Bertz CT molecular complexity index is 568. The summed E-state index contributed by atoms with van der Waals surface area (Å²) in [5.41, 5.74) is 2.82. The molecule has 154 valence electrons. The van der Waals surface area contributed by atoms with Crippen molar-refractivity contribution in [2.45, 2.75) is 39.4 Å². The van der Waals surface area contributed by atoms with Crippen LogP contribution in [0, 0.1) is 0 Å². The van der Waals surface area contributed by atoms with Gasteiger partial charge in [-0.15, -0.1) is 24.0 Å². The van der Waals surface area contributed by atoms with Gasteiger partial charge in [0, 0.05) is 51.9 Å². The van der Waals surface area contributed by atoms with Gasteiger partial charge < -0.3 is 20.7 Å². The first-order chi connectivity index (χ1) is 12.5. The van der Waals surface area contributed by atoms with E-state index in [-0.39, 0.29) is 29.5 Å². The first-order valence-corrected chi connectivity index (χ1v) is 9.54. The smallest absolute Gasteiger partial charge is 0.191 e. The number of rotatable bonds is 7. The summed E-state index contributed by atoms with van der Waals surface area (Å²) in [5.74, 6) is 0.835. The molecule has 0 aliphatic carbocycles. The average molecular weight is 489 g/mol. The van der Waals surface area contributed by atoms with Crippen LogP contribution in [0.1, 0.15) is 31.9 Å². The van der Waals surface area contributed by atoms with E-state index in [0.717, 1.165) is 58.4 Å². The lowest BCUT2D eigenvalue weighted by Crippen LogP contribution is -2.44. The van der Waals surface area contributed by atoms with Crippen LogP contribution < -0.4 is 16.0 Å². The number of hydrogen-bond donors (Lipinski definition) is 3. The number of nitrogens with one attached hydrogen (secondary N) is 3. The summed E-state index contributed by atoms with van der Waals surface area (Å²) in [5, 5.41) is 10.3. The van der Waals surface area contributed by atoms with Crippen LogP contribution in [0.3, 0.4) is 0 Å². The molecule has 7 heteroatoms. The number of ether oxygens (including phenoxy) is 1. The molecule has 1 aromatic carbocycles. The normalized spacial score (nSPS) is 15.9. The molecule has 0 aromatic heterocycles. The molecule has 1 saturated heterocycles. The molecule has 0 radical (unpaired) electrons. The largest absolute Gasteiger partial charge is 0.379 e. The zero-order valence-electron chi connectivity index (χ0n) is 17.2. The van der Waals surface area contributed by atoms with E-state index >= 15 is 0 Å². The van der Waals surface area contributed by atoms with Crippen molar-refractivity contribution in [2.75, 3.05) is 46.4 Å². The summed E-state index contributed by atoms with van der Waals surface area (Å²) in [6.45, 7) is 13.7. The molecule has 0 spiro atoms. The minimum atomic E-state index is 0. The number of nitrogens with zero attached hydrogens (tertiary/aromatic N) is 2. The number of guanidine groups is 1. The molecular formula is C20H36IN5O. The summed E-state index contributed by atoms with van der Waals surface area (Å²) in [6.07, 6.45) is 0. The standard InChI is InChI=1S/C20H35N5O.HI/c1-20(2,3)24-10-9-22-19(21-4)23-15-17-7-5-6-8-18(17)16-25-11-13-26-14-12-25;/h5-8,24H,9-16H2,1-4H3,(H2,21,22,23);1H. The predicted octanol–water partition coefficient (Wildman–Crippen LogP) is 2.19. The van der Waals surface area contributed by atoms with Gasteiger partial charge in [-0.25, -0.2) is 0 Å². The highest BCUT2D eigenvalue weighted by molar-refractivity contribution is 14.0. The Kier molecular flexibility index (Phi) is 11.2. The SMILES string of the molecule is CN=C(NCCNC(C)(C)C)NCc1ccccc1CN1CCOCC1.I. The number of aliphatic imine (C=N–C) groups is 1. The Morgan fingerprint density at radius 3 is 2.37 bits per heavy atom. The van der Waals surface area contributed by atoms with Gasteiger partial charge in [0.25, 0.3) is 0 Å². The van der Waals surface area contributed by atoms with E-state index in [2.05, 4.69) is 70.9 Å². The Morgan fingerprint density at radius 2 is 1.74 bits per heavy atom. The second-order valence-electron chi connectivity index (χ2n) is 7.69. The van der Waals surface area contributed by atoms with Crippen LogP contribution in [-0.2, 0) is 17.8 Å². The van der Waals surface area contributed by atoms with E-state index in [1.807, 2.05) is 7.05 Å². The summed E-state index contributed by atoms with van der Waals surface area (Å²) >= 11 is 0. The second kappa shape index (κ2) is 12.5. The molecule has 27 heavy (non-hydrogen) atoms. The minimum absolute atomic E-state index is 0. The molecule has 0 atom stereocenters. The Morgan fingerprint density at radius 1 is 1.07 bits per heavy atom. The molecule has 1 aliphatic rings. The Hall–Kier alpha value is -0.900. The maximum Gasteiger partial charge on any atom is 0.191 e. The van der Waals surface area contributed by atoms with Gasteiger partial charge in [-0.1, -0.05) is 24.3 Å². The van der Waals surface area contributed by atoms with Gasteiger partial charge in [-0.05, 0) is 31.9 Å². The van der Waals surface area contributed by atoms with Gasteiger partial charge in [0.2, 0.25) is 0 Å². The second-order valence-corrected chi connectivity index (χ2v) is 7.69. The fourth-order valence-electron chi connectivity index (χ4n) is 2.90. The lowest BCUT2D eigenvalue weighted by Gasteiger charge is -2.27. The van der Waals surface area contributed by atoms with Crippen molar-refractivity contribution < 1.29 is 4.74 Å². The zero-order valence-corrected chi connectivity index (χ0v) is 19.5. The number of halogens is 1. The van der Waals surface area contributed by atoms with E-state index in [4.69, 9.17) is 4.74 Å². The number of hydrogen-bond acceptors (Lipinski definition) is 4. The van der Waals surface area contributed by atoms with Gasteiger partial charge in [0.05, 0.1) is 13.2 Å². The lowest BCUT2D eigenvalue weighted by molar-refractivity contribution is 0.0341. The first kappa shape index (κ1) is 24.1. The third-order valence-corrected chi connectivity index (χ3v) is 4.36. The molecule has 1 aromatic rings. The lowest BCUT2D eigenvalue weighted by atomic mass is 10.1. The van der Waals surface area contributed by atoms with Crippen LogP contribution in [0.2, 0.25) is 0 Å². The van der Waals surface area contributed by atoms with E-state index in [0.29, 0.717) is 0 Å². The van der Waals surface area contributed by atoms with Crippen molar-refractivity contribution in [3.05, 3.63) is 35.4 Å². The summed E-state index contributed by atoms with van der Waals surface area (Å²) < 4.78 is 5.45. The van der Waals surface area contributed by atoms with Crippen molar-refractivity contribution in [3.8, 4) is 0 Å². The predicted molar refractivity (Wildman–Crippen MR) is 124 cm³/mol. The average Bonchev–Trinajstić information content (AvgIpc) is 2.62. The summed E-state index contributed by atoms with van der Waals surface area (Å²) in [7, 11) is 1.81. The van der Waals surface area contributed by atoms with Crippen molar-refractivity contribution in [3.63, 3.8) is 0 Å². The minimum Gasteiger partial charge on any atom is -0.379 e. The fraction of sp³-hybridized carbons (Fsp3) is 0.650. The van der Waals surface area contributed by atoms with Crippen LogP contribution >= 0.6 is 24.0 Å². The van der Waals surface area contributed by atoms with Gasteiger partial charge >= 0.3 is 0 Å². The number of morpholine rings is 1. The van der Waals surface area contributed by atoms with Crippen molar-refractivity contribution in [2.24, 2.45) is 4.99 Å². The molecule has 3 N–H and O–H groups in total. The topological polar surface area (TPSA) is 60.9 Å². The maximum absolute atomic E-state index is 5.45. The maximum atomic E-state index is 5.45. The van der Waals surface area contributed by atoms with E-state index in [1.54, 1.807) is 0 Å². The highest BCUT2D eigenvalue weighted by Gasteiger charge is 2.13. The highest BCUT2D eigenvalue weighted by Crippen LogP contribution is 2.13. The van der Waals surface area contributed by atoms with Gasteiger partial charge in [0.15, 0.2) is 5.96 Å². The van der Waals surface area contributed by atoms with E-state index in [1.165, 1.54) is 11.1 Å². The highest BCUT2D eigenvalue weighted by atomic mass is 127. The molecule has 0 saturated carbocycles. The summed E-state index contributed by atoms with van der Waals surface area (Å²) in [4.78, 5) is 6.77. The van der Waals surface area contributed by atoms with Crippen LogP contribution in [0.25, 0.3) is 0 Å². The molecular weight excluding hydrogens is 453 g/mol. The third kappa shape index (κ3) is 9.73.